The van der Waals surface area contributed by atoms with Crippen molar-refractivity contribution in [3.63, 3.8) is 0 Å². The van der Waals surface area contributed by atoms with E-state index in [1.165, 1.54) is 16.2 Å². The fourth-order valence-electron chi connectivity index (χ4n) is 1.22. The second-order valence-electron chi connectivity index (χ2n) is 3.15. The Labute approximate surface area is 91.4 Å². The number of halogens is 2. The molecule has 1 rings (SSSR count). The van der Waals surface area contributed by atoms with Crippen LogP contribution in [0.5, 0.6) is 0 Å². The highest BCUT2D eigenvalue weighted by Gasteiger charge is 2.15. The van der Waals surface area contributed by atoms with Crippen LogP contribution >= 0.6 is 11.3 Å². The molecule has 0 saturated carbocycles. The third-order valence-electron chi connectivity index (χ3n) is 1.98. The Morgan fingerprint density at radius 2 is 2.20 bits per heavy atom. The van der Waals surface area contributed by atoms with E-state index < -0.39 is 6.43 Å². The van der Waals surface area contributed by atoms with Crippen LogP contribution in [0, 0.1) is 0 Å². The summed E-state index contributed by atoms with van der Waals surface area (Å²) >= 11 is 1.27. The van der Waals surface area contributed by atoms with Gasteiger partial charge in [0.15, 0.2) is 5.13 Å². The van der Waals surface area contributed by atoms with Crippen LogP contribution in [0.1, 0.15) is 17.5 Å². The van der Waals surface area contributed by atoms with Gasteiger partial charge in [0.05, 0.1) is 23.7 Å². The largest absolute Gasteiger partial charge is 0.391 e. The maximum atomic E-state index is 12.1. The molecular formula is C9H14F2N2OS. The maximum absolute atomic E-state index is 12.1. The number of aromatic nitrogens is 1. The fraction of sp³-hybridized carbons (Fsp3) is 0.667. The Morgan fingerprint density at radius 1 is 1.53 bits per heavy atom. The molecule has 0 amide bonds. The molecule has 86 valence electrons. The van der Waals surface area contributed by atoms with Gasteiger partial charge in [0.1, 0.15) is 0 Å². The van der Waals surface area contributed by atoms with Crippen LogP contribution in [-0.4, -0.2) is 30.1 Å². The summed E-state index contributed by atoms with van der Waals surface area (Å²) in [6.45, 7) is 1.51. The predicted octanol–water partition coefficient (Wildman–Crippen LogP) is 1.90. The van der Waals surface area contributed by atoms with E-state index in [4.69, 9.17) is 5.11 Å². The van der Waals surface area contributed by atoms with Crippen LogP contribution < -0.4 is 4.90 Å². The van der Waals surface area contributed by atoms with Crippen molar-refractivity contribution in [2.45, 2.75) is 26.4 Å². The minimum absolute atomic E-state index is 0.0800. The van der Waals surface area contributed by atoms with Gasteiger partial charge in [-0.25, -0.2) is 13.8 Å². The first-order valence-corrected chi connectivity index (χ1v) is 5.48. The number of alkyl halides is 2. The average Bonchev–Trinajstić information content (AvgIpc) is 2.59. The lowest BCUT2D eigenvalue weighted by molar-refractivity contribution is 0.156. The number of hydrogen-bond donors (Lipinski definition) is 1. The number of aryl methyl sites for hydroxylation is 1. The molecule has 0 aliphatic carbocycles. The van der Waals surface area contributed by atoms with Crippen molar-refractivity contribution < 1.29 is 13.9 Å². The summed E-state index contributed by atoms with van der Waals surface area (Å²) in [5, 5.41) is 9.57. The van der Waals surface area contributed by atoms with Gasteiger partial charge >= 0.3 is 0 Å². The molecule has 0 atom stereocenters. The van der Waals surface area contributed by atoms with Crippen molar-refractivity contribution in [2.75, 3.05) is 18.5 Å². The van der Waals surface area contributed by atoms with Crippen molar-refractivity contribution >= 4 is 16.5 Å². The molecular weight excluding hydrogens is 222 g/mol. The van der Waals surface area contributed by atoms with Crippen molar-refractivity contribution in [2.24, 2.45) is 0 Å². The Bertz CT molecular complexity index is 296. The molecule has 3 nitrogen and oxygen atoms in total. The van der Waals surface area contributed by atoms with Gasteiger partial charge in [-0.15, -0.1) is 0 Å². The first-order valence-electron chi connectivity index (χ1n) is 4.67. The number of aliphatic hydroxyl groups is 1. The Morgan fingerprint density at radius 3 is 2.60 bits per heavy atom. The van der Waals surface area contributed by atoms with Gasteiger partial charge in [-0.3, -0.25) is 0 Å². The zero-order valence-electron chi connectivity index (χ0n) is 8.70. The summed E-state index contributed by atoms with van der Waals surface area (Å²) in [5.74, 6) is 0. The highest BCUT2D eigenvalue weighted by molar-refractivity contribution is 7.15. The van der Waals surface area contributed by atoms with Crippen molar-refractivity contribution in [3.8, 4) is 0 Å². The summed E-state index contributed by atoms with van der Waals surface area (Å²) in [4.78, 5) is 6.37. The summed E-state index contributed by atoms with van der Waals surface area (Å²) in [6.07, 6.45) is -1.67. The monoisotopic (exact) mass is 236 g/mol. The molecule has 1 N–H and O–H groups in total. The fourth-order valence-corrected chi connectivity index (χ4v) is 2.20. The third-order valence-corrected chi connectivity index (χ3v) is 3.18. The Hall–Kier alpha value is -0.750. The Kier molecular flexibility index (Phi) is 4.41. The average molecular weight is 236 g/mol. The third kappa shape index (κ3) is 3.10. The first-order chi connectivity index (χ1) is 7.08. The minimum Gasteiger partial charge on any atom is -0.391 e. The second kappa shape index (κ2) is 5.37. The van der Waals surface area contributed by atoms with E-state index in [9.17, 15) is 8.78 Å². The van der Waals surface area contributed by atoms with Gasteiger partial charge in [-0.2, -0.15) is 0 Å². The SMILES string of the molecule is CCc1nc(N(C)CC(F)F)sc1CO. The molecule has 0 bridgehead atoms. The molecule has 0 aliphatic heterocycles. The van der Waals surface area contributed by atoms with E-state index in [1.807, 2.05) is 6.92 Å². The molecule has 0 fully saturated rings. The molecule has 1 heterocycles. The molecule has 6 heteroatoms. The second-order valence-corrected chi connectivity index (χ2v) is 4.21. The maximum Gasteiger partial charge on any atom is 0.255 e. The normalized spacial score (nSPS) is 11.1. The summed E-state index contributed by atoms with van der Waals surface area (Å²) in [7, 11) is 1.57. The lowest BCUT2D eigenvalue weighted by Crippen LogP contribution is -2.23. The van der Waals surface area contributed by atoms with Crippen LogP contribution in [0.3, 0.4) is 0 Å². The minimum atomic E-state index is -2.37. The number of rotatable bonds is 5. The van der Waals surface area contributed by atoms with Gasteiger partial charge in [0, 0.05) is 7.05 Å². The molecule has 0 radical (unpaired) electrons. The number of hydrogen-bond acceptors (Lipinski definition) is 4. The molecule has 0 aromatic carbocycles. The standard InChI is InChI=1S/C9H14F2N2OS/c1-3-6-7(5-14)15-9(12-6)13(2)4-8(10)11/h8,14H,3-5H2,1-2H3. The number of aliphatic hydroxyl groups excluding tert-OH is 1. The Balaban J connectivity index is 2.81. The number of anilines is 1. The number of nitrogens with zero attached hydrogens (tertiary/aromatic N) is 2. The zero-order chi connectivity index (χ0) is 11.4. The van der Waals surface area contributed by atoms with Crippen LogP contribution in [0.15, 0.2) is 0 Å². The van der Waals surface area contributed by atoms with Gasteiger partial charge in [0.2, 0.25) is 0 Å². The van der Waals surface area contributed by atoms with Crippen molar-refractivity contribution in [3.05, 3.63) is 10.6 Å². The summed E-state index contributed by atoms with van der Waals surface area (Å²) in [6, 6.07) is 0. The van der Waals surface area contributed by atoms with Crippen molar-refractivity contribution in [1.29, 1.82) is 0 Å². The first kappa shape index (κ1) is 12.3. The van der Waals surface area contributed by atoms with Gasteiger partial charge in [-0.05, 0) is 6.42 Å². The molecule has 0 saturated heterocycles. The van der Waals surface area contributed by atoms with E-state index in [0.29, 0.717) is 11.6 Å². The van der Waals surface area contributed by atoms with Gasteiger partial charge in [0.25, 0.3) is 6.43 Å². The lowest BCUT2D eigenvalue weighted by Gasteiger charge is -2.14. The van der Waals surface area contributed by atoms with E-state index in [1.54, 1.807) is 7.05 Å². The van der Waals surface area contributed by atoms with E-state index in [-0.39, 0.29) is 13.2 Å². The predicted molar refractivity (Wildman–Crippen MR) is 56.7 cm³/mol. The lowest BCUT2D eigenvalue weighted by atomic mass is 10.3. The quantitative estimate of drug-likeness (QED) is 0.848. The van der Waals surface area contributed by atoms with Crippen LogP contribution in [-0.2, 0) is 13.0 Å². The molecule has 1 aromatic heterocycles. The van der Waals surface area contributed by atoms with Gasteiger partial charge in [-0.1, -0.05) is 18.3 Å². The van der Waals surface area contributed by atoms with Crippen LogP contribution in [0.4, 0.5) is 13.9 Å². The zero-order valence-corrected chi connectivity index (χ0v) is 9.52. The van der Waals surface area contributed by atoms with Crippen molar-refractivity contribution in [1.82, 2.24) is 4.98 Å². The smallest absolute Gasteiger partial charge is 0.255 e. The van der Waals surface area contributed by atoms with E-state index in [2.05, 4.69) is 4.98 Å². The van der Waals surface area contributed by atoms with E-state index >= 15 is 0 Å². The molecule has 15 heavy (non-hydrogen) atoms. The molecule has 1 aromatic rings. The van der Waals surface area contributed by atoms with Crippen LogP contribution in [0.25, 0.3) is 0 Å². The number of thiazole rings is 1. The van der Waals surface area contributed by atoms with Gasteiger partial charge < -0.3 is 10.0 Å². The highest BCUT2D eigenvalue weighted by atomic mass is 32.1. The summed E-state index contributed by atoms with van der Waals surface area (Å²) in [5.41, 5.74) is 0.790. The van der Waals surface area contributed by atoms with E-state index in [0.717, 1.165) is 10.6 Å². The van der Waals surface area contributed by atoms with Crippen LogP contribution in [0.2, 0.25) is 0 Å². The highest BCUT2D eigenvalue weighted by Crippen LogP contribution is 2.26. The molecule has 0 unspecified atom stereocenters. The molecule has 0 spiro atoms. The molecule has 0 aliphatic rings. The topological polar surface area (TPSA) is 36.4 Å². The summed E-state index contributed by atoms with van der Waals surface area (Å²) < 4.78 is 24.3.